The lowest BCUT2D eigenvalue weighted by Gasteiger charge is -2.43. The average Bonchev–Trinajstić information content (AvgIpc) is 3.10. The van der Waals surface area contributed by atoms with Gasteiger partial charge in [-0.2, -0.15) is 0 Å². The normalized spacial score (nSPS) is 16.4. The van der Waals surface area contributed by atoms with E-state index in [9.17, 15) is 0 Å². The van der Waals surface area contributed by atoms with E-state index < -0.39 is 0 Å². The number of fused-ring (bicyclic) bond motifs is 3. The molecule has 0 radical (unpaired) electrons. The van der Waals surface area contributed by atoms with Crippen LogP contribution in [0.4, 0.5) is 11.5 Å². The molecule has 1 aliphatic heterocycles. The molecule has 0 aliphatic carbocycles. The van der Waals surface area contributed by atoms with Gasteiger partial charge in [0, 0.05) is 49.4 Å². The summed E-state index contributed by atoms with van der Waals surface area (Å²) in [5.41, 5.74) is 9.40. The molecule has 6 nitrogen and oxygen atoms in total. The standard InChI is InChI=1S/C21H29N5OS/c1-5-27-13-17-24-18-19(28-17)15-7-6-14(12-16(15)23-20(18)22)25-8-10-26(11-9-25)21(2,3)4/h6-7,12H,5,8-11,13H2,1-4H3,(H2,22,23). The second kappa shape index (κ2) is 7.46. The van der Waals surface area contributed by atoms with E-state index in [0.29, 0.717) is 19.0 Å². The number of hydrogen-bond donors (Lipinski definition) is 1. The number of nitrogens with zero attached hydrogens (tertiary/aromatic N) is 4. The molecule has 0 amide bonds. The predicted octanol–water partition coefficient (Wildman–Crippen LogP) is 3.88. The van der Waals surface area contributed by atoms with E-state index in [0.717, 1.165) is 52.3 Å². The molecule has 0 spiro atoms. The zero-order chi connectivity index (χ0) is 19.9. The van der Waals surface area contributed by atoms with Gasteiger partial charge in [-0.1, -0.05) is 0 Å². The molecule has 1 aromatic carbocycles. The van der Waals surface area contributed by atoms with Gasteiger partial charge in [0.1, 0.15) is 10.5 Å². The summed E-state index contributed by atoms with van der Waals surface area (Å²) >= 11 is 1.65. The van der Waals surface area contributed by atoms with Crippen LogP contribution in [0.25, 0.3) is 21.1 Å². The Labute approximate surface area is 170 Å². The lowest BCUT2D eigenvalue weighted by atomic mass is 10.0. The highest BCUT2D eigenvalue weighted by Crippen LogP contribution is 2.34. The molecule has 1 aliphatic rings. The Kier molecular flexibility index (Phi) is 5.16. The minimum atomic E-state index is 0.225. The minimum absolute atomic E-state index is 0.225. The van der Waals surface area contributed by atoms with Gasteiger partial charge in [0.2, 0.25) is 0 Å². The van der Waals surface area contributed by atoms with Crippen molar-refractivity contribution in [2.75, 3.05) is 43.4 Å². The van der Waals surface area contributed by atoms with Crippen LogP contribution in [0.1, 0.15) is 32.7 Å². The summed E-state index contributed by atoms with van der Waals surface area (Å²) in [6.45, 7) is 14.2. The molecule has 0 bridgehead atoms. The van der Waals surface area contributed by atoms with E-state index in [1.807, 2.05) is 6.92 Å². The summed E-state index contributed by atoms with van der Waals surface area (Å²) in [6.07, 6.45) is 0. The Morgan fingerprint density at radius 2 is 1.89 bits per heavy atom. The number of pyridine rings is 1. The van der Waals surface area contributed by atoms with Crippen molar-refractivity contribution in [3.8, 4) is 0 Å². The van der Waals surface area contributed by atoms with E-state index >= 15 is 0 Å². The zero-order valence-electron chi connectivity index (χ0n) is 17.2. The molecule has 0 atom stereocenters. The maximum absolute atomic E-state index is 6.23. The first-order chi connectivity index (χ1) is 13.4. The molecule has 2 N–H and O–H groups in total. The molecular weight excluding hydrogens is 370 g/mol. The number of benzene rings is 1. The van der Waals surface area contributed by atoms with E-state index in [-0.39, 0.29) is 5.54 Å². The largest absolute Gasteiger partial charge is 0.382 e. The van der Waals surface area contributed by atoms with Crippen LogP contribution in [-0.4, -0.2) is 53.2 Å². The molecule has 1 saturated heterocycles. The van der Waals surface area contributed by atoms with Gasteiger partial charge in [-0.25, -0.2) is 9.97 Å². The zero-order valence-corrected chi connectivity index (χ0v) is 18.0. The van der Waals surface area contributed by atoms with E-state index in [2.05, 4.69) is 58.7 Å². The molecule has 0 saturated carbocycles. The van der Waals surface area contributed by atoms with Gasteiger partial charge in [0.05, 0.1) is 16.8 Å². The van der Waals surface area contributed by atoms with Crippen LogP contribution < -0.4 is 10.6 Å². The summed E-state index contributed by atoms with van der Waals surface area (Å²) in [5, 5.41) is 2.06. The van der Waals surface area contributed by atoms with Crippen molar-refractivity contribution in [1.82, 2.24) is 14.9 Å². The van der Waals surface area contributed by atoms with Gasteiger partial charge in [0.25, 0.3) is 0 Å². The average molecular weight is 400 g/mol. The number of rotatable bonds is 4. The lowest BCUT2D eigenvalue weighted by molar-refractivity contribution is 0.128. The van der Waals surface area contributed by atoms with Gasteiger partial charge >= 0.3 is 0 Å². The third-order valence-electron chi connectivity index (χ3n) is 5.40. The second-order valence-electron chi connectivity index (χ2n) is 8.27. The van der Waals surface area contributed by atoms with Crippen LogP contribution in [0.15, 0.2) is 18.2 Å². The van der Waals surface area contributed by atoms with Crippen LogP contribution in [0.2, 0.25) is 0 Å². The van der Waals surface area contributed by atoms with E-state index in [1.54, 1.807) is 11.3 Å². The number of piperazine rings is 1. The first-order valence-electron chi connectivity index (χ1n) is 9.93. The number of nitrogen functional groups attached to an aromatic ring is 1. The Hall–Kier alpha value is -1.96. The minimum Gasteiger partial charge on any atom is -0.382 e. The van der Waals surface area contributed by atoms with Gasteiger partial charge in [-0.3, -0.25) is 4.90 Å². The fourth-order valence-corrected chi connectivity index (χ4v) is 4.84. The van der Waals surface area contributed by atoms with Crippen molar-refractivity contribution in [1.29, 1.82) is 0 Å². The highest BCUT2D eigenvalue weighted by molar-refractivity contribution is 7.19. The number of thiazole rings is 1. The topological polar surface area (TPSA) is 67.5 Å². The third kappa shape index (κ3) is 3.66. The molecular formula is C21H29N5OS. The smallest absolute Gasteiger partial charge is 0.151 e. The molecule has 28 heavy (non-hydrogen) atoms. The van der Waals surface area contributed by atoms with Crippen molar-refractivity contribution in [3.63, 3.8) is 0 Å². The maximum Gasteiger partial charge on any atom is 0.151 e. The molecule has 3 heterocycles. The fraction of sp³-hybridized carbons (Fsp3) is 0.524. The van der Waals surface area contributed by atoms with Crippen LogP contribution >= 0.6 is 11.3 Å². The van der Waals surface area contributed by atoms with E-state index in [1.165, 1.54) is 5.69 Å². The monoisotopic (exact) mass is 399 g/mol. The first-order valence-corrected chi connectivity index (χ1v) is 10.7. The van der Waals surface area contributed by atoms with E-state index in [4.69, 9.17) is 10.5 Å². The SMILES string of the molecule is CCOCc1nc2c(N)nc3cc(N4CCN(C(C)(C)C)CC4)ccc3c2s1. The third-order valence-corrected chi connectivity index (χ3v) is 6.47. The predicted molar refractivity (Wildman–Crippen MR) is 118 cm³/mol. The van der Waals surface area contributed by atoms with Crippen molar-refractivity contribution >= 4 is 44.0 Å². The molecule has 4 rings (SSSR count). The molecule has 0 unspecified atom stereocenters. The number of anilines is 2. The van der Waals surface area contributed by atoms with Crippen LogP contribution in [0, 0.1) is 0 Å². The van der Waals surface area contributed by atoms with Crippen molar-refractivity contribution in [2.24, 2.45) is 0 Å². The molecule has 3 aromatic rings. The van der Waals surface area contributed by atoms with Crippen molar-refractivity contribution in [2.45, 2.75) is 39.8 Å². The lowest BCUT2D eigenvalue weighted by Crippen LogP contribution is -2.53. The maximum atomic E-state index is 6.23. The van der Waals surface area contributed by atoms with Gasteiger partial charge in [0.15, 0.2) is 5.82 Å². The number of ether oxygens (including phenoxy) is 1. The highest BCUT2D eigenvalue weighted by atomic mass is 32.1. The summed E-state index contributed by atoms with van der Waals surface area (Å²) < 4.78 is 6.61. The van der Waals surface area contributed by atoms with Crippen LogP contribution in [0.3, 0.4) is 0 Å². The van der Waals surface area contributed by atoms with Crippen molar-refractivity contribution in [3.05, 3.63) is 23.2 Å². The molecule has 2 aromatic heterocycles. The fourth-order valence-electron chi connectivity index (χ4n) is 3.79. The Bertz CT molecular complexity index is 986. The summed E-state index contributed by atoms with van der Waals surface area (Å²) in [6, 6.07) is 6.53. The summed E-state index contributed by atoms with van der Waals surface area (Å²) in [7, 11) is 0. The van der Waals surface area contributed by atoms with Crippen molar-refractivity contribution < 1.29 is 4.74 Å². The summed E-state index contributed by atoms with van der Waals surface area (Å²) in [5.74, 6) is 0.496. The summed E-state index contributed by atoms with van der Waals surface area (Å²) in [4.78, 5) is 14.3. The Balaban J connectivity index is 1.63. The quantitative estimate of drug-likeness (QED) is 0.718. The van der Waals surface area contributed by atoms with Gasteiger partial charge in [-0.05, 0) is 45.9 Å². The first kappa shape index (κ1) is 19.4. The second-order valence-corrected chi connectivity index (χ2v) is 9.35. The van der Waals surface area contributed by atoms with Gasteiger partial charge in [-0.15, -0.1) is 11.3 Å². The van der Waals surface area contributed by atoms with Crippen LogP contribution in [0.5, 0.6) is 0 Å². The Morgan fingerprint density at radius 1 is 1.14 bits per heavy atom. The number of hydrogen-bond acceptors (Lipinski definition) is 7. The molecule has 1 fully saturated rings. The number of aromatic nitrogens is 2. The van der Waals surface area contributed by atoms with Gasteiger partial charge < -0.3 is 15.4 Å². The highest BCUT2D eigenvalue weighted by Gasteiger charge is 2.26. The molecule has 150 valence electrons. The Morgan fingerprint density at radius 3 is 2.57 bits per heavy atom. The van der Waals surface area contributed by atoms with Crippen LogP contribution in [-0.2, 0) is 11.3 Å². The molecule has 7 heteroatoms. The number of nitrogens with two attached hydrogens (primary N) is 1.